The summed E-state index contributed by atoms with van der Waals surface area (Å²) in [5.41, 5.74) is 2.82. The molecule has 0 aliphatic carbocycles. The van der Waals surface area contributed by atoms with Gasteiger partial charge in [-0.05, 0) is 61.2 Å². The Hall–Kier alpha value is -3.64. The smallest absolute Gasteiger partial charge is 0.255 e. The van der Waals surface area contributed by atoms with Crippen molar-refractivity contribution in [2.45, 2.75) is 25.3 Å². The third kappa shape index (κ3) is 6.23. The Morgan fingerprint density at radius 3 is 2.26 bits per heavy atom. The molecule has 1 aliphatic heterocycles. The van der Waals surface area contributed by atoms with E-state index < -0.39 is 0 Å². The van der Waals surface area contributed by atoms with Crippen molar-refractivity contribution < 1.29 is 14.3 Å². The molecule has 0 aromatic heterocycles. The molecule has 1 fully saturated rings. The van der Waals surface area contributed by atoms with E-state index >= 15 is 0 Å². The number of piperidine rings is 1. The number of methoxy groups -OCH3 is 1. The Labute approximate surface area is 200 Å². The van der Waals surface area contributed by atoms with Crippen LogP contribution in [-0.4, -0.2) is 49.5 Å². The van der Waals surface area contributed by atoms with Gasteiger partial charge in [0.25, 0.3) is 11.8 Å². The predicted molar refractivity (Wildman–Crippen MR) is 134 cm³/mol. The third-order valence-electron chi connectivity index (χ3n) is 6.25. The molecule has 0 unspecified atom stereocenters. The number of likely N-dealkylation sites (tertiary alicyclic amines) is 1. The number of nitrogens with zero attached hydrogens (tertiary/aromatic N) is 1. The number of anilines is 1. The molecule has 6 nitrogen and oxygen atoms in total. The van der Waals surface area contributed by atoms with Crippen LogP contribution in [-0.2, 0) is 6.42 Å². The second-order valence-corrected chi connectivity index (χ2v) is 8.55. The number of hydrogen-bond acceptors (Lipinski definition) is 4. The van der Waals surface area contributed by atoms with Gasteiger partial charge in [0.1, 0.15) is 5.75 Å². The fourth-order valence-corrected chi connectivity index (χ4v) is 4.22. The molecule has 4 rings (SSSR count). The Bertz CT molecular complexity index is 1090. The summed E-state index contributed by atoms with van der Waals surface area (Å²) in [5, 5.41) is 6.04. The molecule has 1 heterocycles. The van der Waals surface area contributed by atoms with Crippen molar-refractivity contribution in [2.24, 2.45) is 0 Å². The molecule has 0 atom stereocenters. The van der Waals surface area contributed by atoms with Crippen LogP contribution in [0.25, 0.3) is 0 Å². The van der Waals surface area contributed by atoms with Gasteiger partial charge in [-0.3, -0.25) is 9.59 Å². The molecule has 34 heavy (non-hydrogen) atoms. The lowest BCUT2D eigenvalue weighted by Gasteiger charge is -2.32. The maximum atomic E-state index is 13.0. The van der Waals surface area contributed by atoms with Crippen molar-refractivity contribution in [3.8, 4) is 5.75 Å². The molecule has 0 radical (unpaired) electrons. The molecule has 1 aliphatic rings. The SMILES string of the molecule is COc1ccc(C(=O)Nc2ccccc2C(=O)NC2CCN(CCc3ccccc3)CC2)cc1. The van der Waals surface area contributed by atoms with E-state index in [0.29, 0.717) is 22.6 Å². The lowest BCUT2D eigenvalue weighted by Crippen LogP contribution is -2.45. The number of hydrogen-bond donors (Lipinski definition) is 2. The molecular formula is C28H31N3O3. The van der Waals surface area contributed by atoms with E-state index in [4.69, 9.17) is 4.74 Å². The average Bonchev–Trinajstić information content (AvgIpc) is 2.89. The number of carbonyl (C=O) groups excluding carboxylic acids is 2. The fraction of sp³-hybridized carbons (Fsp3) is 0.286. The van der Waals surface area contributed by atoms with E-state index in [2.05, 4.69) is 39.8 Å². The first kappa shape index (κ1) is 23.5. The molecule has 6 heteroatoms. The normalized spacial score (nSPS) is 14.4. The van der Waals surface area contributed by atoms with Crippen LogP contribution in [0.3, 0.4) is 0 Å². The highest BCUT2D eigenvalue weighted by Gasteiger charge is 2.22. The van der Waals surface area contributed by atoms with Gasteiger partial charge in [-0.15, -0.1) is 0 Å². The number of amides is 2. The molecule has 2 amide bonds. The molecule has 0 saturated carbocycles. The third-order valence-corrected chi connectivity index (χ3v) is 6.25. The van der Waals surface area contributed by atoms with Gasteiger partial charge in [0, 0.05) is 31.2 Å². The van der Waals surface area contributed by atoms with Crippen LogP contribution in [0.15, 0.2) is 78.9 Å². The highest BCUT2D eigenvalue weighted by atomic mass is 16.5. The number of nitrogens with one attached hydrogen (secondary N) is 2. The lowest BCUT2D eigenvalue weighted by molar-refractivity contribution is 0.0912. The zero-order valence-electron chi connectivity index (χ0n) is 19.5. The van der Waals surface area contributed by atoms with Crippen molar-refractivity contribution in [2.75, 3.05) is 32.1 Å². The summed E-state index contributed by atoms with van der Waals surface area (Å²) < 4.78 is 5.14. The van der Waals surface area contributed by atoms with Gasteiger partial charge < -0.3 is 20.3 Å². The van der Waals surface area contributed by atoms with Crippen LogP contribution in [0.4, 0.5) is 5.69 Å². The monoisotopic (exact) mass is 457 g/mol. The summed E-state index contributed by atoms with van der Waals surface area (Å²) in [7, 11) is 1.58. The minimum absolute atomic E-state index is 0.130. The summed E-state index contributed by atoms with van der Waals surface area (Å²) in [6.07, 6.45) is 2.88. The summed E-state index contributed by atoms with van der Waals surface area (Å²) in [6.45, 7) is 2.96. The first-order valence-electron chi connectivity index (χ1n) is 11.7. The molecule has 176 valence electrons. The molecule has 2 N–H and O–H groups in total. The van der Waals surface area contributed by atoms with E-state index in [9.17, 15) is 9.59 Å². The number of rotatable bonds is 8. The minimum atomic E-state index is -0.269. The highest BCUT2D eigenvalue weighted by molar-refractivity contribution is 6.09. The first-order valence-corrected chi connectivity index (χ1v) is 11.7. The van der Waals surface area contributed by atoms with Crippen molar-refractivity contribution in [3.63, 3.8) is 0 Å². The summed E-state index contributed by atoms with van der Waals surface area (Å²) in [6, 6.07) is 24.6. The second-order valence-electron chi connectivity index (χ2n) is 8.55. The van der Waals surface area contributed by atoms with Gasteiger partial charge >= 0.3 is 0 Å². The second kappa shape index (κ2) is 11.5. The highest BCUT2D eigenvalue weighted by Crippen LogP contribution is 2.19. The van der Waals surface area contributed by atoms with E-state index in [0.717, 1.165) is 38.9 Å². The van der Waals surface area contributed by atoms with Crippen LogP contribution in [0.2, 0.25) is 0 Å². The standard InChI is InChI=1S/C28H31N3O3/c1-34-24-13-11-22(12-14-24)27(32)30-26-10-6-5-9-25(26)28(33)29-23-16-19-31(20-17-23)18-15-21-7-3-2-4-8-21/h2-14,23H,15-20H2,1H3,(H,29,33)(H,30,32). The first-order chi connectivity index (χ1) is 16.6. The summed E-state index contributed by atoms with van der Waals surface area (Å²) in [4.78, 5) is 28.2. The minimum Gasteiger partial charge on any atom is -0.497 e. The fourth-order valence-electron chi connectivity index (χ4n) is 4.22. The van der Waals surface area contributed by atoms with Gasteiger partial charge in [0.05, 0.1) is 18.4 Å². The van der Waals surface area contributed by atoms with Crippen molar-refractivity contribution in [1.82, 2.24) is 10.2 Å². The number of para-hydroxylation sites is 1. The molecular weight excluding hydrogens is 426 g/mol. The number of carbonyl (C=O) groups is 2. The molecule has 3 aromatic carbocycles. The van der Waals surface area contributed by atoms with E-state index in [-0.39, 0.29) is 17.9 Å². The van der Waals surface area contributed by atoms with E-state index in [1.807, 2.05) is 18.2 Å². The van der Waals surface area contributed by atoms with Gasteiger partial charge in [-0.2, -0.15) is 0 Å². The number of ether oxygens (including phenoxy) is 1. The van der Waals surface area contributed by atoms with Crippen LogP contribution >= 0.6 is 0 Å². The van der Waals surface area contributed by atoms with Crippen LogP contribution in [0, 0.1) is 0 Å². The largest absolute Gasteiger partial charge is 0.497 e. The Kier molecular flexibility index (Phi) is 7.94. The molecule has 0 spiro atoms. The van der Waals surface area contributed by atoms with Gasteiger partial charge in [0.2, 0.25) is 0 Å². The molecule has 1 saturated heterocycles. The van der Waals surface area contributed by atoms with E-state index in [1.54, 1.807) is 43.5 Å². The predicted octanol–water partition coefficient (Wildman–Crippen LogP) is 4.38. The zero-order chi connectivity index (χ0) is 23.8. The lowest BCUT2D eigenvalue weighted by atomic mass is 10.0. The van der Waals surface area contributed by atoms with Gasteiger partial charge in [-0.1, -0.05) is 42.5 Å². The van der Waals surface area contributed by atoms with E-state index in [1.165, 1.54) is 5.56 Å². The number of benzene rings is 3. The summed E-state index contributed by atoms with van der Waals surface area (Å²) in [5.74, 6) is 0.255. The quantitative estimate of drug-likeness (QED) is 0.527. The Balaban J connectivity index is 1.30. The maximum Gasteiger partial charge on any atom is 0.255 e. The van der Waals surface area contributed by atoms with Crippen molar-refractivity contribution in [3.05, 3.63) is 95.6 Å². The Morgan fingerprint density at radius 1 is 0.882 bits per heavy atom. The molecule has 0 bridgehead atoms. The topological polar surface area (TPSA) is 70.7 Å². The van der Waals surface area contributed by atoms with Gasteiger partial charge in [-0.25, -0.2) is 0 Å². The van der Waals surface area contributed by atoms with Crippen molar-refractivity contribution >= 4 is 17.5 Å². The zero-order valence-corrected chi connectivity index (χ0v) is 19.5. The van der Waals surface area contributed by atoms with Crippen molar-refractivity contribution in [1.29, 1.82) is 0 Å². The maximum absolute atomic E-state index is 13.0. The van der Waals surface area contributed by atoms with Crippen LogP contribution < -0.4 is 15.4 Å². The summed E-state index contributed by atoms with van der Waals surface area (Å²) >= 11 is 0. The van der Waals surface area contributed by atoms with Gasteiger partial charge in [0.15, 0.2) is 0 Å². The van der Waals surface area contributed by atoms with Crippen LogP contribution in [0.1, 0.15) is 39.1 Å². The molecule has 3 aromatic rings. The average molecular weight is 458 g/mol. The Morgan fingerprint density at radius 2 is 1.56 bits per heavy atom. The van der Waals surface area contributed by atoms with Crippen LogP contribution in [0.5, 0.6) is 5.75 Å².